The van der Waals surface area contributed by atoms with Crippen molar-refractivity contribution in [3.63, 3.8) is 0 Å². The summed E-state index contributed by atoms with van der Waals surface area (Å²) >= 11 is 0. The molecule has 2 aromatic rings. The molecule has 0 aromatic heterocycles. The number of rotatable bonds is 8. The van der Waals surface area contributed by atoms with Gasteiger partial charge in [0.05, 0.1) is 12.2 Å². The van der Waals surface area contributed by atoms with Crippen molar-refractivity contribution < 1.29 is 19.1 Å². The molecule has 0 aliphatic rings. The molecule has 0 saturated carbocycles. The number of anilines is 2. The molecule has 0 bridgehead atoms. The van der Waals surface area contributed by atoms with E-state index in [4.69, 9.17) is 9.47 Å². The van der Waals surface area contributed by atoms with E-state index in [1.807, 2.05) is 26.0 Å². The van der Waals surface area contributed by atoms with E-state index in [9.17, 15) is 9.59 Å². The van der Waals surface area contributed by atoms with E-state index in [0.717, 1.165) is 5.56 Å². The highest BCUT2D eigenvalue weighted by Gasteiger charge is 2.13. The summed E-state index contributed by atoms with van der Waals surface area (Å²) in [4.78, 5) is 23.9. The van der Waals surface area contributed by atoms with Gasteiger partial charge in [-0.25, -0.2) is 0 Å². The Hall–Kier alpha value is -2.86. The number of carbonyl (C=O) groups is 2. The number of amides is 2. The second kappa shape index (κ2) is 9.58. The summed E-state index contributed by atoms with van der Waals surface area (Å²) in [7, 11) is 0. The lowest BCUT2D eigenvalue weighted by Gasteiger charge is -2.13. The minimum Gasteiger partial charge on any atom is -0.490 e. The second-order valence-corrected chi connectivity index (χ2v) is 5.71. The first-order valence-electron chi connectivity index (χ1n) is 8.50. The van der Waals surface area contributed by atoms with Gasteiger partial charge in [-0.05, 0) is 43.7 Å². The largest absolute Gasteiger partial charge is 0.490 e. The quantitative estimate of drug-likeness (QED) is 0.708. The second-order valence-electron chi connectivity index (χ2n) is 5.71. The zero-order valence-electron chi connectivity index (χ0n) is 15.3. The molecule has 0 radical (unpaired) electrons. The Labute approximate surface area is 153 Å². The van der Waals surface area contributed by atoms with E-state index in [-0.39, 0.29) is 11.8 Å². The van der Waals surface area contributed by atoms with Crippen LogP contribution in [0.4, 0.5) is 11.4 Å². The molecule has 26 heavy (non-hydrogen) atoms. The minimum absolute atomic E-state index is 0.162. The molecule has 2 amide bonds. The van der Waals surface area contributed by atoms with Gasteiger partial charge in [0.1, 0.15) is 12.4 Å². The lowest BCUT2D eigenvalue weighted by atomic mass is 10.1. The van der Waals surface area contributed by atoms with E-state index in [1.54, 1.807) is 30.3 Å². The molecule has 0 aliphatic heterocycles. The predicted octanol–water partition coefficient (Wildman–Crippen LogP) is 3.62. The highest BCUT2D eigenvalue weighted by Crippen LogP contribution is 2.23. The molecule has 2 N–H and O–H groups in total. The van der Waals surface area contributed by atoms with Gasteiger partial charge in [0.2, 0.25) is 5.91 Å². The van der Waals surface area contributed by atoms with Crippen molar-refractivity contribution >= 4 is 23.2 Å². The van der Waals surface area contributed by atoms with Gasteiger partial charge in [0, 0.05) is 24.9 Å². The fourth-order valence-electron chi connectivity index (χ4n) is 2.36. The van der Waals surface area contributed by atoms with Gasteiger partial charge < -0.3 is 20.1 Å². The van der Waals surface area contributed by atoms with Crippen LogP contribution in [0.15, 0.2) is 42.5 Å². The Kier molecular flexibility index (Phi) is 7.17. The van der Waals surface area contributed by atoms with Gasteiger partial charge in [-0.1, -0.05) is 18.2 Å². The summed E-state index contributed by atoms with van der Waals surface area (Å²) < 4.78 is 10.9. The number of nitrogens with one attached hydrogen (secondary N) is 2. The molecule has 0 heterocycles. The summed E-state index contributed by atoms with van der Waals surface area (Å²) in [5, 5.41) is 5.59. The van der Waals surface area contributed by atoms with Gasteiger partial charge in [-0.3, -0.25) is 9.59 Å². The molecule has 0 aliphatic carbocycles. The number of hydrogen-bond donors (Lipinski definition) is 2. The Morgan fingerprint density at radius 1 is 1.04 bits per heavy atom. The average Bonchev–Trinajstić information content (AvgIpc) is 2.61. The number of ether oxygens (including phenoxy) is 2. The van der Waals surface area contributed by atoms with E-state index in [0.29, 0.717) is 42.5 Å². The third-order valence-electron chi connectivity index (χ3n) is 3.63. The van der Waals surface area contributed by atoms with Gasteiger partial charge in [0.25, 0.3) is 5.91 Å². The maximum atomic E-state index is 12.6. The molecule has 0 unspecified atom stereocenters. The first-order chi connectivity index (χ1) is 12.5. The molecule has 2 rings (SSSR count). The van der Waals surface area contributed by atoms with E-state index < -0.39 is 0 Å². The van der Waals surface area contributed by atoms with Crippen molar-refractivity contribution in [3.8, 4) is 5.75 Å². The van der Waals surface area contributed by atoms with Crippen LogP contribution < -0.4 is 15.4 Å². The molecule has 0 saturated heterocycles. The number of carbonyl (C=O) groups excluding carboxylic acids is 2. The van der Waals surface area contributed by atoms with E-state index in [2.05, 4.69) is 10.6 Å². The zero-order valence-corrected chi connectivity index (χ0v) is 15.3. The molecule has 0 atom stereocenters. The Morgan fingerprint density at radius 3 is 2.54 bits per heavy atom. The average molecular weight is 356 g/mol. The maximum absolute atomic E-state index is 12.6. The molecule has 0 spiro atoms. The van der Waals surface area contributed by atoms with E-state index in [1.165, 1.54) is 6.92 Å². The third kappa shape index (κ3) is 5.60. The molecule has 6 nitrogen and oxygen atoms in total. The first kappa shape index (κ1) is 19.5. The van der Waals surface area contributed by atoms with Gasteiger partial charge in [-0.2, -0.15) is 0 Å². The van der Waals surface area contributed by atoms with Crippen LogP contribution >= 0.6 is 0 Å². The fraction of sp³-hybridized carbons (Fsp3) is 0.300. The SMILES string of the molecule is CCOCCOc1ccccc1C(=O)Nc1ccc(C)c(NC(C)=O)c1. The highest BCUT2D eigenvalue weighted by molar-refractivity contribution is 6.06. The molecule has 6 heteroatoms. The van der Waals surface area contributed by atoms with Crippen molar-refractivity contribution in [1.29, 1.82) is 0 Å². The van der Waals surface area contributed by atoms with Crippen LogP contribution in [0.25, 0.3) is 0 Å². The van der Waals surface area contributed by atoms with Gasteiger partial charge >= 0.3 is 0 Å². The van der Waals surface area contributed by atoms with Crippen molar-refractivity contribution in [2.24, 2.45) is 0 Å². The normalized spacial score (nSPS) is 10.3. The Balaban J connectivity index is 2.11. The molecule has 0 fully saturated rings. The smallest absolute Gasteiger partial charge is 0.259 e. The molecular formula is C20H24N2O4. The summed E-state index contributed by atoms with van der Waals surface area (Å²) in [6.07, 6.45) is 0. The van der Waals surface area contributed by atoms with Crippen molar-refractivity contribution in [3.05, 3.63) is 53.6 Å². The number of para-hydroxylation sites is 1. The van der Waals surface area contributed by atoms with Gasteiger partial charge in [-0.15, -0.1) is 0 Å². The van der Waals surface area contributed by atoms with Crippen molar-refractivity contribution in [1.82, 2.24) is 0 Å². The van der Waals surface area contributed by atoms with E-state index >= 15 is 0 Å². The molecule has 138 valence electrons. The van der Waals surface area contributed by atoms with Crippen LogP contribution in [0.1, 0.15) is 29.8 Å². The van der Waals surface area contributed by atoms with Crippen LogP contribution in [0.3, 0.4) is 0 Å². The Morgan fingerprint density at radius 2 is 1.81 bits per heavy atom. The highest BCUT2D eigenvalue weighted by atomic mass is 16.5. The summed E-state index contributed by atoms with van der Waals surface area (Å²) in [5.41, 5.74) is 2.61. The number of hydrogen-bond acceptors (Lipinski definition) is 4. The molecular weight excluding hydrogens is 332 g/mol. The zero-order chi connectivity index (χ0) is 18.9. The Bertz CT molecular complexity index is 774. The van der Waals surface area contributed by atoms with Crippen LogP contribution in [-0.4, -0.2) is 31.6 Å². The summed E-state index contributed by atoms with van der Waals surface area (Å²) in [6.45, 7) is 6.70. The van der Waals surface area contributed by atoms with Crippen molar-refractivity contribution in [2.45, 2.75) is 20.8 Å². The van der Waals surface area contributed by atoms with Gasteiger partial charge in [0.15, 0.2) is 0 Å². The third-order valence-corrected chi connectivity index (χ3v) is 3.63. The van der Waals surface area contributed by atoms with Crippen LogP contribution in [0, 0.1) is 6.92 Å². The predicted molar refractivity (Wildman–Crippen MR) is 102 cm³/mol. The standard InChI is InChI=1S/C20H24N2O4/c1-4-25-11-12-26-19-8-6-5-7-17(19)20(24)22-16-10-9-14(2)18(13-16)21-15(3)23/h5-10,13H,4,11-12H2,1-3H3,(H,21,23)(H,22,24). The maximum Gasteiger partial charge on any atom is 0.259 e. The summed E-state index contributed by atoms with van der Waals surface area (Å²) in [6, 6.07) is 12.4. The topological polar surface area (TPSA) is 76.7 Å². The minimum atomic E-state index is -0.283. The number of aryl methyl sites for hydroxylation is 1. The lowest BCUT2D eigenvalue weighted by Crippen LogP contribution is -2.15. The number of benzene rings is 2. The summed E-state index contributed by atoms with van der Waals surface area (Å²) in [5.74, 6) is 0.0538. The molecule has 2 aromatic carbocycles. The van der Waals surface area contributed by atoms with Crippen LogP contribution in [-0.2, 0) is 9.53 Å². The fourth-order valence-corrected chi connectivity index (χ4v) is 2.36. The van der Waals surface area contributed by atoms with Crippen LogP contribution in [0.2, 0.25) is 0 Å². The lowest BCUT2D eigenvalue weighted by molar-refractivity contribution is -0.114. The first-order valence-corrected chi connectivity index (χ1v) is 8.50. The van der Waals surface area contributed by atoms with Crippen molar-refractivity contribution in [2.75, 3.05) is 30.5 Å². The van der Waals surface area contributed by atoms with Crippen LogP contribution in [0.5, 0.6) is 5.75 Å². The monoisotopic (exact) mass is 356 g/mol.